The van der Waals surface area contributed by atoms with Crippen molar-refractivity contribution in [2.24, 2.45) is 0 Å². The number of nitrogens with zero attached hydrogens (tertiary/aromatic N) is 1. The quantitative estimate of drug-likeness (QED) is 0.348. The van der Waals surface area contributed by atoms with Crippen molar-refractivity contribution in [2.75, 3.05) is 27.9 Å². The zero-order valence-corrected chi connectivity index (χ0v) is 18.6. The number of methoxy groups -OCH3 is 3. The average molecular weight is 415 g/mol. The second-order valence-corrected chi connectivity index (χ2v) is 7.06. The van der Waals surface area contributed by atoms with Crippen LogP contribution in [0.1, 0.15) is 47.2 Å². The predicted octanol–water partition coefficient (Wildman–Crippen LogP) is 4.15. The highest BCUT2D eigenvalue weighted by atomic mass is 16.5. The van der Waals surface area contributed by atoms with E-state index < -0.39 is 5.97 Å². The van der Waals surface area contributed by atoms with Crippen molar-refractivity contribution in [2.45, 2.75) is 33.7 Å². The van der Waals surface area contributed by atoms with Gasteiger partial charge in [-0.25, -0.2) is 4.79 Å². The van der Waals surface area contributed by atoms with E-state index in [0.29, 0.717) is 28.4 Å². The van der Waals surface area contributed by atoms with Crippen molar-refractivity contribution in [1.29, 1.82) is 0 Å². The van der Waals surface area contributed by atoms with E-state index in [1.807, 2.05) is 19.9 Å². The number of carbonyl (C=O) groups is 2. The number of carbonyl (C=O) groups excluding carboxylic acids is 2. The third-order valence-electron chi connectivity index (χ3n) is 4.78. The van der Waals surface area contributed by atoms with Gasteiger partial charge in [0.15, 0.2) is 18.1 Å². The number of aromatic nitrogens is 1. The Hall–Kier alpha value is -3.22. The molecule has 30 heavy (non-hydrogen) atoms. The molecule has 1 aromatic carbocycles. The highest BCUT2D eigenvalue weighted by Gasteiger charge is 2.18. The Balaban J connectivity index is 2.09. The Kier molecular flexibility index (Phi) is 7.69. The van der Waals surface area contributed by atoms with Crippen molar-refractivity contribution in [1.82, 2.24) is 4.57 Å². The van der Waals surface area contributed by atoms with Gasteiger partial charge in [0.2, 0.25) is 5.78 Å². The Morgan fingerprint density at radius 3 is 2.10 bits per heavy atom. The molecule has 2 rings (SSSR count). The first kappa shape index (κ1) is 23.1. The minimum absolute atomic E-state index is 0.236. The molecule has 0 N–H and O–H groups in total. The van der Waals surface area contributed by atoms with Gasteiger partial charge in [0.1, 0.15) is 5.75 Å². The number of aryl methyl sites for hydroxylation is 1. The van der Waals surface area contributed by atoms with Gasteiger partial charge in [-0.1, -0.05) is 0 Å². The molecule has 0 bridgehead atoms. The first-order valence-electron chi connectivity index (χ1n) is 9.59. The maximum Gasteiger partial charge on any atom is 0.331 e. The Labute approximate surface area is 177 Å². The minimum Gasteiger partial charge on any atom is -0.496 e. The van der Waals surface area contributed by atoms with Crippen LogP contribution >= 0.6 is 0 Å². The number of hydrogen-bond acceptors (Lipinski definition) is 6. The molecule has 0 saturated carbocycles. The molecule has 0 radical (unpaired) electrons. The lowest BCUT2D eigenvalue weighted by Gasteiger charge is -2.13. The molecular weight excluding hydrogens is 386 g/mol. The van der Waals surface area contributed by atoms with Crippen molar-refractivity contribution in [3.63, 3.8) is 0 Å². The fourth-order valence-corrected chi connectivity index (χ4v) is 3.46. The van der Waals surface area contributed by atoms with Gasteiger partial charge in [-0.2, -0.15) is 0 Å². The molecule has 7 nitrogen and oxygen atoms in total. The highest BCUT2D eigenvalue weighted by molar-refractivity contribution is 6.00. The Morgan fingerprint density at radius 1 is 0.967 bits per heavy atom. The first-order chi connectivity index (χ1) is 14.2. The second kappa shape index (κ2) is 10.0. The molecular formula is C23H29NO6. The van der Waals surface area contributed by atoms with Gasteiger partial charge >= 0.3 is 5.97 Å². The highest BCUT2D eigenvalue weighted by Crippen LogP contribution is 2.35. The summed E-state index contributed by atoms with van der Waals surface area (Å²) >= 11 is 0. The zero-order chi connectivity index (χ0) is 22.4. The number of esters is 1. The van der Waals surface area contributed by atoms with Crippen LogP contribution in [0.4, 0.5) is 0 Å². The molecule has 0 spiro atoms. The van der Waals surface area contributed by atoms with Gasteiger partial charge in [-0.15, -0.1) is 0 Å². The molecule has 162 valence electrons. The van der Waals surface area contributed by atoms with Gasteiger partial charge in [0, 0.05) is 40.7 Å². The monoisotopic (exact) mass is 415 g/mol. The van der Waals surface area contributed by atoms with E-state index in [0.717, 1.165) is 11.4 Å². The summed E-state index contributed by atoms with van der Waals surface area (Å²) in [7, 11) is 4.57. The van der Waals surface area contributed by atoms with Crippen molar-refractivity contribution < 1.29 is 28.5 Å². The lowest BCUT2D eigenvalue weighted by atomic mass is 10.1. The smallest absolute Gasteiger partial charge is 0.331 e. The number of benzene rings is 1. The number of hydrogen-bond donors (Lipinski definition) is 0. The lowest BCUT2D eigenvalue weighted by molar-refractivity contribution is -0.136. The summed E-state index contributed by atoms with van der Waals surface area (Å²) in [6, 6.07) is 5.43. The van der Waals surface area contributed by atoms with Crippen LogP contribution in [0.5, 0.6) is 17.2 Å². The van der Waals surface area contributed by atoms with Crippen LogP contribution in [0.3, 0.4) is 0 Å². The van der Waals surface area contributed by atoms with E-state index in [1.54, 1.807) is 12.1 Å². The summed E-state index contributed by atoms with van der Waals surface area (Å²) in [5, 5.41) is 0. The van der Waals surface area contributed by atoms with Gasteiger partial charge in [-0.3, -0.25) is 4.79 Å². The maximum absolute atomic E-state index is 12.5. The van der Waals surface area contributed by atoms with Crippen molar-refractivity contribution in [3.05, 3.63) is 46.8 Å². The van der Waals surface area contributed by atoms with Gasteiger partial charge < -0.3 is 23.5 Å². The Morgan fingerprint density at radius 2 is 1.57 bits per heavy atom. The summed E-state index contributed by atoms with van der Waals surface area (Å²) in [5.74, 6) is 0.660. The molecule has 0 aliphatic rings. The molecule has 0 fully saturated rings. The molecule has 0 saturated heterocycles. The fourth-order valence-electron chi connectivity index (χ4n) is 3.46. The number of rotatable bonds is 9. The average Bonchev–Trinajstić information content (AvgIpc) is 3.03. The maximum atomic E-state index is 12.5. The van der Waals surface area contributed by atoms with Crippen LogP contribution in [0.15, 0.2) is 24.3 Å². The first-order valence-corrected chi connectivity index (χ1v) is 9.59. The standard InChI is InChI=1S/C23H29NO6/c1-14(2)24-15(3)10-18(16(24)4)19(25)13-30-23(26)9-8-17-11-21(28-6)22(29-7)12-20(17)27-5/h8-12,14H,13H2,1-7H3/b9-8+. The van der Waals surface area contributed by atoms with E-state index >= 15 is 0 Å². The second-order valence-electron chi connectivity index (χ2n) is 7.06. The van der Waals surface area contributed by atoms with E-state index in [1.165, 1.54) is 33.5 Å². The lowest BCUT2D eigenvalue weighted by Crippen LogP contribution is -2.14. The topological polar surface area (TPSA) is 76.0 Å². The summed E-state index contributed by atoms with van der Waals surface area (Å²) in [6.07, 6.45) is 2.78. The van der Waals surface area contributed by atoms with Crippen LogP contribution in [0.25, 0.3) is 6.08 Å². The predicted molar refractivity (Wildman–Crippen MR) is 115 cm³/mol. The molecule has 0 atom stereocenters. The van der Waals surface area contributed by atoms with Crippen molar-refractivity contribution >= 4 is 17.8 Å². The van der Waals surface area contributed by atoms with E-state index in [-0.39, 0.29) is 18.4 Å². The molecule has 1 aromatic heterocycles. The van der Waals surface area contributed by atoms with E-state index in [2.05, 4.69) is 18.4 Å². The summed E-state index contributed by atoms with van der Waals surface area (Å²) in [4.78, 5) is 24.7. The van der Waals surface area contributed by atoms with Crippen molar-refractivity contribution in [3.8, 4) is 17.2 Å². The zero-order valence-electron chi connectivity index (χ0n) is 18.6. The third kappa shape index (κ3) is 5.03. The molecule has 7 heteroatoms. The van der Waals surface area contributed by atoms with Gasteiger partial charge in [0.05, 0.1) is 21.3 Å². The van der Waals surface area contributed by atoms with Crippen LogP contribution in [0, 0.1) is 13.8 Å². The summed E-state index contributed by atoms with van der Waals surface area (Å²) in [5.41, 5.74) is 3.05. The molecule has 0 unspecified atom stereocenters. The van der Waals surface area contributed by atoms with Gasteiger partial charge in [0.25, 0.3) is 0 Å². The van der Waals surface area contributed by atoms with E-state index in [4.69, 9.17) is 18.9 Å². The van der Waals surface area contributed by atoms with Crippen LogP contribution in [0.2, 0.25) is 0 Å². The number of ether oxygens (including phenoxy) is 4. The molecule has 0 amide bonds. The third-order valence-corrected chi connectivity index (χ3v) is 4.78. The SMILES string of the molecule is COc1cc(OC)c(OC)cc1/C=C/C(=O)OCC(=O)c1cc(C)n(C(C)C)c1C. The van der Waals surface area contributed by atoms with Crippen LogP contribution in [-0.2, 0) is 9.53 Å². The molecule has 0 aliphatic heterocycles. The van der Waals surface area contributed by atoms with Crippen LogP contribution < -0.4 is 14.2 Å². The number of Topliss-reactive ketones (excluding diaryl/α,β-unsaturated/α-hetero) is 1. The normalized spacial score (nSPS) is 11.1. The molecule has 0 aliphatic carbocycles. The Bertz CT molecular complexity index is 955. The largest absolute Gasteiger partial charge is 0.496 e. The summed E-state index contributed by atoms with van der Waals surface area (Å²) < 4.78 is 23.1. The van der Waals surface area contributed by atoms with Crippen LogP contribution in [-0.4, -0.2) is 44.3 Å². The molecule has 1 heterocycles. The molecule has 2 aromatic rings. The number of ketones is 1. The van der Waals surface area contributed by atoms with E-state index in [9.17, 15) is 9.59 Å². The fraction of sp³-hybridized carbons (Fsp3) is 0.391. The van der Waals surface area contributed by atoms with Gasteiger partial charge in [-0.05, 0) is 45.9 Å². The minimum atomic E-state index is -0.627. The summed E-state index contributed by atoms with van der Waals surface area (Å²) in [6.45, 7) is 7.64.